The molecule has 1 aromatic carbocycles. The van der Waals surface area contributed by atoms with Crippen molar-refractivity contribution in [1.82, 2.24) is 9.78 Å². The first-order chi connectivity index (χ1) is 11.9. The molecule has 1 N–H and O–H groups in total. The third-order valence-electron chi connectivity index (χ3n) is 4.12. The molecule has 0 bridgehead atoms. The van der Waals surface area contributed by atoms with Crippen molar-refractivity contribution >= 4 is 39.2 Å². The van der Waals surface area contributed by atoms with E-state index in [-0.39, 0.29) is 18.0 Å². The van der Waals surface area contributed by atoms with Crippen molar-refractivity contribution in [3.8, 4) is 0 Å². The summed E-state index contributed by atoms with van der Waals surface area (Å²) in [5.41, 5.74) is 0.865. The molecule has 0 radical (unpaired) electrons. The lowest BCUT2D eigenvalue weighted by Crippen LogP contribution is -2.50. The highest BCUT2D eigenvalue weighted by Crippen LogP contribution is 2.27. The molecule has 0 unspecified atom stereocenters. The van der Waals surface area contributed by atoms with Gasteiger partial charge in [0.2, 0.25) is 11.8 Å². The Bertz CT molecular complexity index is 836. The van der Waals surface area contributed by atoms with Crippen LogP contribution in [0.5, 0.6) is 0 Å². The number of amides is 2. The van der Waals surface area contributed by atoms with Crippen LogP contribution in [-0.4, -0.2) is 27.6 Å². The molecule has 0 fully saturated rings. The summed E-state index contributed by atoms with van der Waals surface area (Å²) in [5.74, 6) is -0.495. The number of fused-ring (bicyclic) bond motifs is 1. The molecule has 1 aliphatic rings. The summed E-state index contributed by atoms with van der Waals surface area (Å²) in [6.07, 6.45) is 0.685. The van der Waals surface area contributed by atoms with Gasteiger partial charge in [-0.15, -0.1) is 0 Å². The van der Waals surface area contributed by atoms with Gasteiger partial charge >= 0.3 is 0 Å². The zero-order valence-electron chi connectivity index (χ0n) is 13.9. The van der Waals surface area contributed by atoms with Gasteiger partial charge < -0.3 is 5.32 Å². The van der Waals surface area contributed by atoms with E-state index in [1.54, 1.807) is 16.8 Å². The molecular weight excluding hydrogens is 391 g/mol. The molecule has 25 heavy (non-hydrogen) atoms. The highest BCUT2D eigenvalue weighted by Gasteiger charge is 2.35. The van der Waals surface area contributed by atoms with Crippen LogP contribution in [0.3, 0.4) is 0 Å². The number of benzene rings is 1. The molecular formula is C17H18BrFN4O2. The third-order valence-corrected chi connectivity index (χ3v) is 4.62. The summed E-state index contributed by atoms with van der Waals surface area (Å²) in [5, 5.41) is 6.93. The Morgan fingerprint density at radius 3 is 2.88 bits per heavy atom. The van der Waals surface area contributed by atoms with E-state index in [1.165, 1.54) is 17.0 Å². The first-order valence-corrected chi connectivity index (χ1v) is 8.82. The summed E-state index contributed by atoms with van der Waals surface area (Å²) in [7, 11) is 0. The predicted molar refractivity (Wildman–Crippen MR) is 95.9 cm³/mol. The van der Waals surface area contributed by atoms with Crippen molar-refractivity contribution < 1.29 is 14.0 Å². The molecule has 0 saturated heterocycles. The van der Waals surface area contributed by atoms with E-state index in [2.05, 4.69) is 26.3 Å². The van der Waals surface area contributed by atoms with Crippen molar-refractivity contribution in [3.05, 3.63) is 40.2 Å². The van der Waals surface area contributed by atoms with Crippen LogP contribution in [0.15, 0.2) is 28.7 Å². The molecule has 8 heteroatoms. The van der Waals surface area contributed by atoms with Gasteiger partial charge in [0, 0.05) is 17.0 Å². The highest BCUT2D eigenvalue weighted by atomic mass is 79.9. The molecule has 6 nitrogen and oxygen atoms in total. The Balaban J connectivity index is 1.88. The van der Waals surface area contributed by atoms with Gasteiger partial charge in [-0.1, -0.05) is 22.9 Å². The van der Waals surface area contributed by atoms with E-state index >= 15 is 0 Å². The minimum absolute atomic E-state index is 0.0841. The van der Waals surface area contributed by atoms with Gasteiger partial charge in [-0.25, -0.2) is 9.07 Å². The molecule has 1 aromatic heterocycles. The van der Waals surface area contributed by atoms with Crippen LogP contribution in [0, 0.1) is 12.7 Å². The number of nitrogens with one attached hydrogen (secondary N) is 1. The van der Waals surface area contributed by atoms with E-state index in [4.69, 9.17) is 0 Å². The van der Waals surface area contributed by atoms with Gasteiger partial charge in [-0.05, 0) is 31.5 Å². The number of carbonyl (C=O) groups excluding carboxylic acids is 2. The number of carbonyl (C=O) groups is 2. The second kappa shape index (κ2) is 6.95. The number of anilines is 2. The van der Waals surface area contributed by atoms with Crippen molar-refractivity contribution in [2.75, 3.05) is 10.2 Å². The maximum Gasteiger partial charge on any atom is 0.247 e. The standard InChI is InChI=1S/C17H18BrFN4O2/c1-3-14(17(25)20-13-5-4-11(18)9-12(13)19)23-15-8-10(2)21-22(15)7-6-16(23)24/h4-5,8-9,14H,3,6-7H2,1-2H3,(H,20,25)/t14-/m1/s1. The molecule has 0 spiro atoms. The molecule has 0 aliphatic carbocycles. The average molecular weight is 409 g/mol. The van der Waals surface area contributed by atoms with Gasteiger partial charge in [-0.3, -0.25) is 14.5 Å². The van der Waals surface area contributed by atoms with E-state index in [1.807, 2.05) is 13.8 Å². The van der Waals surface area contributed by atoms with Crippen LogP contribution in [0.25, 0.3) is 0 Å². The normalized spacial score (nSPS) is 15.0. The third kappa shape index (κ3) is 3.44. The fourth-order valence-corrected chi connectivity index (χ4v) is 3.30. The van der Waals surface area contributed by atoms with Crippen molar-refractivity contribution in [2.24, 2.45) is 0 Å². The van der Waals surface area contributed by atoms with Gasteiger partial charge in [0.05, 0.1) is 17.9 Å². The van der Waals surface area contributed by atoms with Gasteiger partial charge in [0.15, 0.2) is 0 Å². The first-order valence-electron chi connectivity index (χ1n) is 8.03. The molecule has 132 valence electrons. The van der Waals surface area contributed by atoms with E-state index in [0.717, 1.165) is 5.69 Å². The Kier molecular flexibility index (Phi) is 4.89. The predicted octanol–water partition coefficient (Wildman–Crippen LogP) is 3.25. The van der Waals surface area contributed by atoms with Crippen LogP contribution in [0.4, 0.5) is 15.9 Å². The first kappa shape index (κ1) is 17.6. The fraction of sp³-hybridized carbons (Fsp3) is 0.353. The van der Waals surface area contributed by atoms with Gasteiger partial charge in [0.25, 0.3) is 0 Å². The monoisotopic (exact) mass is 408 g/mol. The fourth-order valence-electron chi connectivity index (χ4n) is 2.97. The van der Waals surface area contributed by atoms with E-state index < -0.39 is 17.8 Å². The minimum Gasteiger partial charge on any atom is -0.322 e. The van der Waals surface area contributed by atoms with Crippen molar-refractivity contribution in [2.45, 2.75) is 39.3 Å². The van der Waals surface area contributed by atoms with Crippen LogP contribution < -0.4 is 10.2 Å². The molecule has 0 saturated carbocycles. The number of hydrogen-bond acceptors (Lipinski definition) is 3. The van der Waals surface area contributed by atoms with Crippen LogP contribution in [0.2, 0.25) is 0 Å². The molecule has 1 aliphatic heterocycles. The lowest BCUT2D eigenvalue weighted by molar-refractivity contribution is -0.124. The topological polar surface area (TPSA) is 67.2 Å². The zero-order chi connectivity index (χ0) is 18.1. The number of aryl methyl sites for hydroxylation is 2. The Morgan fingerprint density at radius 2 is 2.20 bits per heavy atom. The van der Waals surface area contributed by atoms with Crippen LogP contribution in [-0.2, 0) is 16.1 Å². The highest BCUT2D eigenvalue weighted by molar-refractivity contribution is 9.10. The smallest absolute Gasteiger partial charge is 0.247 e. The maximum absolute atomic E-state index is 14.0. The van der Waals surface area contributed by atoms with Gasteiger partial charge in [0.1, 0.15) is 17.7 Å². The van der Waals surface area contributed by atoms with Crippen LogP contribution in [0.1, 0.15) is 25.5 Å². The Morgan fingerprint density at radius 1 is 1.44 bits per heavy atom. The van der Waals surface area contributed by atoms with Gasteiger partial charge in [-0.2, -0.15) is 5.10 Å². The summed E-state index contributed by atoms with van der Waals surface area (Å²) in [4.78, 5) is 26.7. The SMILES string of the molecule is CC[C@H](C(=O)Nc1ccc(Br)cc1F)N1C(=O)CCn2nc(C)cc21. The van der Waals surface area contributed by atoms with Crippen molar-refractivity contribution in [3.63, 3.8) is 0 Å². The van der Waals surface area contributed by atoms with Crippen molar-refractivity contribution in [1.29, 1.82) is 0 Å². The molecule has 1 atom stereocenters. The minimum atomic E-state index is -0.731. The largest absolute Gasteiger partial charge is 0.322 e. The molecule has 2 amide bonds. The maximum atomic E-state index is 14.0. The lowest BCUT2D eigenvalue weighted by Gasteiger charge is -2.33. The van der Waals surface area contributed by atoms with Crippen LogP contribution >= 0.6 is 15.9 Å². The average Bonchev–Trinajstić information content (AvgIpc) is 2.93. The number of aromatic nitrogens is 2. The number of nitrogens with zero attached hydrogens (tertiary/aromatic N) is 3. The lowest BCUT2D eigenvalue weighted by atomic mass is 10.1. The quantitative estimate of drug-likeness (QED) is 0.843. The van der Waals surface area contributed by atoms with E-state index in [9.17, 15) is 14.0 Å². The second-order valence-corrected chi connectivity index (χ2v) is 6.83. The molecule has 3 rings (SSSR count). The number of hydrogen-bond donors (Lipinski definition) is 1. The van der Waals surface area contributed by atoms with E-state index in [0.29, 0.717) is 23.3 Å². The summed E-state index contributed by atoms with van der Waals surface area (Å²) < 4.78 is 16.3. The molecule has 2 heterocycles. The Hall–Kier alpha value is -2.22. The summed E-state index contributed by atoms with van der Waals surface area (Å²) in [6, 6.07) is 5.46. The summed E-state index contributed by atoms with van der Waals surface area (Å²) in [6.45, 7) is 4.15. The molecule has 2 aromatic rings. The summed E-state index contributed by atoms with van der Waals surface area (Å²) >= 11 is 3.18. The number of rotatable bonds is 4. The second-order valence-electron chi connectivity index (χ2n) is 5.92. The number of halogens is 2. The Labute approximate surface area is 153 Å². The zero-order valence-corrected chi connectivity index (χ0v) is 15.5.